The van der Waals surface area contributed by atoms with E-state index in [1.165, 1.54) is 36.9 Å². The summed E-state index contributed by atoms with van der Waals surface area (Å²) in [6, 6.07) is 13.6. The van der Waals surface area contributed by atoms with Crippen molar-refractivity contribution in [3.05, 3.63) is 59.9 Å². The fourth-order valence-corrected chi connectivity index (χ4v) is 3.61. The van der Waals surface area contributed by atoms with E-state index in [4.69, 9.17) is 4.74 Å². The lowest BCUT2D eigenvalue weighted by Crippen LogP contribution is -2.49. The van der Waals surface area contributed by atoms with Crippen LogP contribution in [0.25, 0.3) is 0 Å². The first-order chi connectivity index (χ1) is 12.0. The van der Waals surface area contributed by atoms with Crippen molar-refractivity contribution in [3.63, 3.8) is 0 Å². The van der Waals surface area contributed by atoms with E-state index >= 15 is 0 Å². The number of rotatable bonds is 4. The molecule has 2 aromatic carbocycles. The van der Waals surface area contributed by atoms with Crippen LogP contribution >= 0.6 is 11.8 Å². The number of hydrazine groups is 1. The predicted molar refractivity (Wildman–Crippen MR) is 92.6 cm³/mol. The summed E-state index contributed by atoms with van der Waals surface area (Å²) in [5.41, 5.74) is 5.85. The van der Waals surface area contributed by atoms with Gasteiger partial charge in [-0.2, -0.15) is 0 Å². The molecule has 2 atom stereocenters. The zero-order chi connectivity index (χ0) is 17.8. The molecule has 2 amide bonds. The minimum atomic E-state index is -0.953. The first-order valence-corrected chi connectivity index (χ1v) is 8.68. The number of thioether (sulfide) groups is 1. The Labute approximate surface area is 148 Å². The number of hydrogen-bond donors (Lipinski definition) is 2. The van der Waals surface area contributed by atoms with Crippen molar-refractivity contribution in [2.75, 3.05) is 0 Å². The summed E-state index contributed by atoms with van der Waals surface area (Å²) < 4.78 is 18.8. The van der Waals surface area contributed by atoms with E-state index in [1.54, 1.807) is 6.07 Å². The van der Waals surface area contributed by atoms with Gasteiger partial charge in [-0.05, 0) is 37.1 Å². The number of nitrogens with one attached hydrogen (secondary N) is 2. The van der Waals surface area contributed by atoms with Gasteiger partial charge in [0.25, 0.3) is 11.8 Å². The zero-order valence-electron chi connectivity index (χ0n) is 13.5. The second-order valence-electron chi connectivity index (χ2n) is 5.59. The van der Waals surface area contributed by atoms with Crippen molar-refractivity contribution >= 4 is 23.6 Å². The van der Waals surface area contributed by atoms with Crippen LogP contribution < -0.4 is 15.6 Å². The monoisotopic (exact) mass is 360 g/mol. The molecule has 2 unspecified atom stereocenters. The van der Waals surface area contributed by atoms with E-state index in [0.29, 0.717) is 6.42 Å². The number of benzene rings is 2. The molecule has 0 aromatic heterocycles. The minimum absolute atomic E-state index is 0.0155. The summed E-state index contributed by atoms with van der Waals surface area (Å²) in [5, 5.41) is -0.291. The molecule has 0 radical (unpaired) electrons. The molecule has 0 saturated heterocycles. The van der Waals surface area contributed by atoms with Crippen LogP contribution in [-0.2, 0) is 16.0 Å². The molecular weight excluding hydrogens is 343 g/mol. The fraction of sp³-hybridized carbons (Fsp3) is 0.222. The van der Waals surface area contributed by atoms with E-state index in [0.717, 1.165) is 10.5 Å². The van der Waals surface area contributed by atoms with E-state index in [1.807, 2.05) is 24.3 Å². The Bertz CT molecular complexity index is 774. The van der Waals surface area contributed by atoms with Crippen molar-refractivity contribution in [1.29, 1.82) is 0 Å². The van der Waals surface area contributed by atoms with Crippen molar-refractivity contribution in [2.24, 2.45) is 0 Å². The molecule has 0 spiro atoms. The molecular formula is C18H17FN2O3S. The van der Waals surface area contributed by atoms with Crippen LogP contribution in [-0.4, -0.2) is 23.2 Å². The third kappa shape index (κ3) is 4.11. The van der Waals surface area contributed by atoms with Crippen LogP contribution in [0.3, 0.4) is 0 Å². The molecule has 25 heavy (non-hydrogen) atoms. The SMILES string of the molecule is CC(Oc1ccccc1F)C(=O)NNC(=O)C1Cc2ccccc2S1. The van der Waals surface area contributed by atoms with Gasteiger partial charge in [-0.15, -0.1) is 11.8 Å². The van der Waals surface area contributed by atoms with Gasteiger partial charge in [0.15, 0.2) is 17.7 Å². The van der Waals surface area contributed by atoms with Gasteiger partial charge < -0.3 is 4.74 Å². The number of carbonyl (C=O) groups is 2. The van der Waals surface area contributed by atoms with Crippen LogP contribution in [0, 0.1) is 5.82 Å². The maximum absolute atomic E-state index is 13.5. The quantitative estimate of drug-likeness (QED) is 0.822. The Morgan fingerprint density at radius 2 is 1.88 bits per heavy atom. The van der Waals surface area contributed by atoms with Gasteiger partial charge in [-0.1, -0.05) is 30.3 Å². The fourth-order valence-electron chi connectivity index (χ4n) is 2.42. The number of amides is 2. The third-order valence-electron chi connectivity index (χ3n) is 3.76. The summed E-state index contributed by atoms with van der Waals surface area (Å²) in [6.45, 7) is 1.48. The Morgan fingerprint density at radius 3 is 2.64 bits per heavy atom. The lowest BCUT2D eigenvalue weighted by Gasteiger charge is -2.16. The van der Waals surface area contributed by atoms with Gasteiger partial charge in [0.1, 0.15) is 0 Å². The molecule has 1 heterocycles. The van der Waals surface area contributed by atoms with Crippen LogP contribution in [0.5, 0.6) is 5.75 Å². The van der Waals surface area contributed by atoms with Crippen molar-refractivity contribution in [2.45, 2.75) is 29.6 Å². The van der Waals surface area contributed by atoms with Gasteiger partial charge >= 0.3 is 0 Å². The van der Waals surface area contributed by atoms with Crippen LogP contribution in [0.15, 0.2) is 53.4 Å². The molecule has 0 aliphatic carbocycles. The van der Waals surface area contributed by atoms with Crippen LogP contribution in [0.1, 0.15) is 12.5 Å². The van der Waals surface area contributed by atoms with Crippen LogP contribution in [0.2, 0.25) is 0 Å². The van der Waals surface area contributed by atoms with Gasteiger partial charge in [-0.3, -0.25) is 20.4 Å². The number of halogens is 1. The standard InChI is InChI=1S/C18H17FN2O3S/c1-11(24-14-8-4-3-7-13(14)19)17(22)20-21-18(23)16-10-12-6-2-5-9-15(12)25-16/h2-9,11,16H,10H2,1H3,(H,20,22)(H,21,23). The van der Waals surface area contributed by atoms with Crippen molar-refractivity contribution < 1.29 is 18.7 Å². The first-order valence-electron chi connectivity index (χ1n) is 7.80. The molecule has 130 valence electrons. The number of ether oxygens (including phenoxy) is 1. The molecule has 2 aromatic rings. The van der Waals surface area contributed by atoms with E-state index in [9.17, 15) is 14.0 Å². The average molecular weight is 360 g/mol. The average Bonchev–Trinajstić information content (AvgIpc) is 3.05. The van der Waals surface area contributed by atoms with Gasteiger partial charge in [0, 0.05) is 4.90 Å². The largest absolute Gasteiger partial charge is 0.478 e. The molecule has 0 saturated carbocycles. The first kappa shape index (κ1) is 17.3. The number of hydrogen-bond acceptors (Lipinski definition) is 4. The highest BCUT2D eigenvalue weighted by atomic mass is 32.2. The lowest BCUT2D eigenvalue weighted by atomic mass is 10.1. The zero-order valence-corrected chi connectivity index (χ0v) is 14.3. The van der Waals surface area contributed by atoms with Crippen molar-refractivity contribution in [1.82, 2.24) is 10.9 Å². The normalized spacial score (nSPS) is 16.6. The maximum Gasteiger partial charge on any atom is 0.279 e. The molecule has 2 N–H and O–H groups in total. The third-order valence-corrected chi connectivity index (χ3v) is 5.08. The Balaban J connectivity index is 1.49. The molecule has 7 heteroatoms. The lowest BCUT2D eigenvalue weighted by molar-refractivity contribution is -0.132. The molecule has 0 bridgehead atoms. The predicted octanol–water partition coefficient (Wildman–Crippen LogP) is 2.46. The summed E-state index contributed by atoms with van der Waals surface area (Å²) in [4.78, 5) is 25.3. The summed E-state index contributed by atoms with van der Waals surface area (Å²) in [6.07, 6.45) is -0.338. The topological polar surface area (TPSA) is 67.4 Å². The summed E-state index contributed by atoms with van der Waals surface area (Å²) >= 11 is 1.46. The highest BCUT2D eigenvalue weighted by Gasteiger charge is 2.28. The molecule has 3 rings (SSSR count). The molecule has 0 fully saturated rings. The summed E-state index contributed by atoms with van der Waals surface area (Å²) in [7, 11) is 0. The Kier molecular flexibility index (Phi) is 5.23. The Morgan fingerprint density at radius 1 is 1.16 bits per heavy atom. The van der Waals surface area contributed by atoms with Crippen molar-refractivity contribution in [3.8, 4) is 5.75 Å². The molecule has 5 nitrogen and oxygen atoms in total. The van der Waals surface area contributed by atoms with Gasteiger partial charge in [0.2, 0.25) is 0 Å². The number of fused-ring (bicyclic) bond motifs is 1. The van der Waals surface area contributed by atoms with E-state index < -0.39 is 17.8 Å². The second kappa shape index (κ2) is 7.57. The van der Waals surface area contributed by atoms with Gasteiger partial charge in [0.05, 0.1) is 5.25 Å². The molecule has 1 aliphatic rings. The Hall–Kier alpha value is -2.54. The number of carbonyl (C=O) groups excluding carboxylic acids is 2. The highest BCUT2D eigenvalue weighted by Crippen LogP contribution is 2.36. The second-order valence-corrected chi connectivity index (χ2v) is 6.83. The minimum Gasteiger partial charge on any atom is -0.478 e. The van der Waals surface area contributed by atoms with E-state index in [2.05, 4.69) is 10.9 Å². The van der Waals surface area contributed by atoms with E-state index in [-0.39, 0.29) is 16.9 Å². The highest BCUT2D eigenvalue weighted by molar-refractivity contribution is 8.01. The maximum atomic E-state index is 13.5. The van der Waals surface area contributed by atoms with Gasteiger partial charge in [-0.25, -0.2) is 4.39 Å². The summed E-state index contributed by atoms with van der Waals surface area (Å²) in [5.74, 6) is -1.41. The smallest absolute Gasteiger partial charge is 0.279 e. The number of para-hydroxylation sites is 1. The van der Waals surface area contributed by atoms with Crippen LogP contribution in [0.4, 0.5) is 4.39 Å². The molecule has 1 aliphatic heterocycles.